The van der Waals surface area contributed by atoms with E-state index < -0.39 is 10.0 Å². The average molecular weight is 382 g/mol. The zero-order valence-electron chi connectivity index (χ0n) is 13.2. The largest absolute Gasteiger partial charge is 0.347 e. The highest BCUT2D eigenvalue weighted by Crippen LogP contribution is 2.32. The van der Waals surface area contributed by atoms with Gasteiger partial charge in [0.05, 0.1) is 33.7 Å². The second-order valence-corrected chi connectivity index (χ2v) is 9.20. The second-order valence-electron chi connectivity index (χ2n) is 5.14. The Balaban J connectivity index is 1.82. The van der Waals surface area contributed by atoms with Crippen molar-refractivity contribution in [3.63, 3.8) is 0 Å². The fourth-order valence-corrected chi connectivity index (χ4v) is 4.87. The lowest BCUT2D eigenvalue weighted by atomic mass is 10.4. The lowest BCUT2D eigenvalue weighted by Crippen LogP contribution is -2.15. The molecule has 0 unspecified atom stereocenters. The lowest BCUT2D eigenvalue weighted by molar-refractivity contribution is 0.603. The van der Waals surface area contributed by atoms with E-state index in [0.29, 0.717) is 11.6 Å². The minimum atomic E-state index is -3.68. The molecule has 0 amide bonds. The maximum atomic E-state index is 12.5. The number of aromatic nitrogens is 3. The third kappa shape index (κ3) is 3.55. The zero-order chi connectivity index (χ0) is 17.3. The van der Waals surface area contributed by atoms with E-state index in [-0.39, 0.29) is 4.21 Å². The first-order chi connectivity index (χ1) is 11.3. The molecular weight excluding hydrogens is 366 g/mol. The van der Waals surface area contributed by atoms with Crippen molar-refractivity contribution in [2.45, 2.75) is 11.1 Å². The number of aryl methyl sites for hydroxylation is 1. The number of rotatable bonds is 5. The fraction of sp³-hybridized carbons (Fsp3) is 0.214. The summed E-state index contributed by atoms with van der Waals surface area (Å²) in [7, 11) is -0.0522. The Morgan fingerprint density at radius 2 is 1.88 bits per heavy atom. The summed E-state index contributed by atoms with van der Waals surface area (Å²) >= 11 is 2.71. The summed E-state index contributed by atoms with van der Waals surface area (Å²) in [6.07, 6.45) is 2.89. The maximum absolute atomic E-state index is 12.5. The number of nitrogens with zero attached hydrogens (tertiary/aromatic N) is 4. The smallest absolute Gasteiger partial charge is 0.271 e. The van der Waals surface area contributed by atoms with Gasteiger partial charge in [0.2, 0.25) is 5.95 Å². The van der Waals surface area contributed by atoms with Crippen LogP contribution in [0.15, 0.2) is 34.1 Å². The first kappa shape index (κ1) is 16.8. The van der Waals surface area contributed by atoms with Crippen molar-refractivity contribution in [2.24, 2.45) is 0 Å². The Hall–Kier alpha value is -2.04. The summed E-state index contributed by atoms with van der Waals surface area (Å²) in [5.41, 5.74) is 1.11. The highest BCUT2D eigenvalue weighted by Gasteiger charge is 2.18. The highest BCUT2D eigenvalue weighted by molar-refractivity contribution is 7.94. The van der Waals surface area contributed by atoms with E-state index in [1.165, 1.54) is 35.1 Å². The normalized spacial score (nSPS) is 11.5. The van der Waals surface area contributed by atoms with Crippen LogP contribution in [0.4, 0.5) is 11.6 Å². The molecule has 0 aliphatic rings. The van der Waals surface area contributed by atoms with E-state index >= 15 is 0 Å². The van der Waals surface area contributed by atoms with Gasteiger partial charge in [-0.2, -0.15) is 0 Å². The van der Waals surface area contributed by atoms with Crippen molar-refractivity contribution in [2.75, 3.05) is 23.7 Å². The molecule has 1 N–H and O–H groups in total. The Bertz CT molecular complexity index is 945. The van der Waals surface area contributed by atoms with Crippen molar-refractivity contribution in [3.05, 3.63) is 34.9 Å². The summed E-state index contributed by atoms with van der Waals surface area (Å²) < 4.78 is 27.7. The number of nitrogens with one attached hydrogen (secondary N) is 1. The van der Waals surface area contributed by atoms with Crippen LogP contribution < -0.4 is 9.62 Å². The molecule has 3 aromatic heterocycles. The predicted octanol–water partition coefficient (Wildman–Crippen LogP) is 2.84. The van der Waals surface area contributed by atoms with Gasteiger partial charge >= 0.3 is 0 Å². The Labute approximate surface area is 148 Å². The third-order valence-corrected chi connectivity index (χ3v) is 6.76. The molecule has 3 rings (SSSR count). The first-order valence-corrected chi connectivity index (χ1v) is 10.1. The van der Waals surface area contributed by atoms with Gasteiger partial charge in [0.15, 0.2) is 0 Å². The van der Waals surface area contributed by atoms with Crippen molar-refractivity contribution < 1.29 is 8.42 Å². The summed E-state index contributed by atoms with van der Waals surface area (Å²) in [6, 6.07) is 3.34. The number of hydrogen-bond acceptors (Lipinski definition) is 8. The number of thiophene rings is 1. The minimum absolute atomic E-state index is 0.222. The van der Waals surface area contributed by atoms with E-state index in [1.54, 1.807) is 17.0 Å². The molecule has 0 spiro atoms. The molecule has 7 nitrogen and oxygen atoms in total. The molecule has 0 bridgehead atoms. The fourth-order valence-electron chi connectivity index (χ4n) is 1.89. The quantitative estimate of drug-likeness (QED) is 0.731. The molecule has 0 aliphatic carbocycles. The van der Waals surface area contributed by atoms with Crippen LogP contribution in [0.25, 0.3) is 10.6 Å². The number of hydrogen-bond donors (Lipinski definition) is 1. The van der Waals surface area contributed by atoms with Gasteiger partial charge in [-0.25, -0.2) is 23.4 Å². The van der Waals surface area contributed by atoms with Gasteiger partial charge in [0.1, 0.15) is 4.21 Å². The van der Waals surface area contributed by atoms with E-state index in [1.807, 2.05) is 26.4 Å². The van der Waals surface area contributed by atoms with Gasteiger partial charge in [0, 0.05) is 19.5 Å². The number of anilines is 2. The van der Waals surface area contributed by atoms with Gasteiger partial charge in [-0.1, -0.05) is 0 Å². The van der Waals surface area contributed by atoms with Gasteiger partial charge in [-0.3, -0.25) is 4.72 Å². The summed E-state index contributed by atoms with van der Waals surface area (Å²) in [5.74, 6) is 0.509. The molecular formula is C14H15N5O2S3. The minimum Gasteiger partial charge on any atom is -0.347 e. The molecule has 0 saturated heterocycles. The molecule has 0 fully saturated rings. The topological polar surface area (TPSA) is 88.1 Å². The molecule has 0 radical (unpaired) electrons. The molecule has 126 valence electrons. The highest BCUT2D eigenvalue weighted by atomic mass is 32.2. The van der Waals surface area contributed by atoms with Gasteiger partial charge in [-0.05, 0) is 19.1 Å². The molecule has 24 heavy (non-hydrogen) atoms. The van der Waals surface area contributed by atoms with E-state index in [4.69, 9.17) is 0 Å². The average Bonchev–Trinajstić information content (AvgIpc) is 3.16. The maximum Gasteiger partial charge on any atom is 0.271 e. The monoisotopic (exact) mass is 381 g/mol. The molecule has 3 heterocycles. The molecule has 0 aromatic carbocycles. The van der Waals surface area contributed by atoms with Crippen LogP contribution in [-0.2, 0) is 10.0 Å². The van der Waals surface area contributed by atoms with Crippen LogP contribution in [0.5, 0.6) is 0 Å². The third-order valence-electron chi connectivity index (χ3n) is 3.01. The number of sulfonamides is 1. The summed E-state index contributed by atoms with van der Waals surface area (Å²) in [6.45, 7) is 1.92. The van der Waals surface area contributed by atoms with Crippen LogP contribution in [-0.4, -0.2) is 37.5 Å². The lowest BCUT2D eigenvalue weighted by Gasteiger charge is -2.10. The Morgan fingerprint density at radius 1 is 1.17 bits per heavy atom. The molecule has 0 aliphatic heterocycles. The standard InChI is InChI=1S/C14H15N5O2S3/c1-9-17-11(8-22-9)12-4-5-13(23-12)24(20,21)18-10-6-15-14(16-7-10)19(2)3/h4-8,18H,1-3H3. The Morgan fingerprint density at radius 3 is 2.46 bits per heavy atom. The SMILES string of the molecule is Cc1nc(-c2ccc(S(=O)(=O)Nc3cnc(N(C)C)nc3)s2)cs1. The van der Waals surface area contributed by atoms with Crippen molar-refractivity contribution in [1.82, 2.24) is 15.0 Å². The summed E-state index contributed by atoms with van der Waals surface area (Å²) in [5, 5.41) is 2.86. The van der Waals surface area contributed by atoms with Crippen LogP contribution in [0, 0.1) is 6.92 Å². The van der Waals surface area contributed by atoms with E-state index in [9.17, 15) is 8.42 Å². The second kappa shape index (κ2) is 6.46. The first-order valence-electron chi connectivity index (χ1n) is 6.90. The number of thiazole rings is 1. The van der Waals surface area contributed by atoms with Gasteiger partial charge in [-0.15, -0.1) is 22.7 Å². The van der Waals surface area contributed by atoms with Crippen molar-refractivity contribution >= 4 is 44.3 Å². The predicted molar refractivity (Wildman–Crippen MR) is 97.3 cm³/mol. The van der Waals surface area contributed by atoms with Crippen LogP contribution >= 0.6 is 22.7 Å². The van der Waals surface area contributed by atoms with E-state index in [2.05, 4.69) is 19.7 Å². The van der Waals surface area contributed by atoms with Crippen LogP contribution in [0.1, 0.15) is 5.01 Å². The Kier molecular flexibility index (Phi) is 4.52. The summed E-state index contributed by atoms with van der Waals surface area (Å²) in [4.78, 5) is 15.1. The van der Waals surface area contributed by atoms with Gasteiger partial charge in [0.25, 0.3) is 10.0 Å². The van der Waals surface area contributed by atoms with Crippen LogP contribution in [0.2, 0.25) is 0 Å². The molecule has 3 aromatic rings. The van der Waals surface area contributed by atoms with Crippen molar-refractivity contribution in [3.8, 4) is 10.6 Å². The molecule has 0 atom stereocenters. The van der Waals surface area contributed by atoms with Crippen molar-refractivity contribution in [1.29, 1.82) is 0 Å². The molecule has 0 saturated carbocycles. The van der Waals surface area contributed by atoms with E-state index in [0.717, 1.165) is 15.6 Å². The zero-order valence-corrected chi connectivity index (χ0v) is 15.7. The van der Waals surface area contributed by atoms with Crippen LogP contribution in [0.3, 0.4) is 0 Å². The molecule has 10 heteroatoms. The van der Waals surface area contributed by atoms with Gasteiger partial charge < -0.3 is 4.90 Å².